The van der Waals surface area contributed by atoms with E-state index in [4.69, 9.17) is 9.47 Å². The fourth-order valence-electron chi connectivity index (χ4n) is 3.48. The van der Waals surface area contributed by atoms with Crippen LogP contribution < -0.4 is 14.8 Å². The van der Waals surface area contributed by atoms with Crippen molar-refractivity contribution in [1.29, 1.82) is 0 Å². The Kier molecular flexibility index (Phi) is 5.15. The van der Waals surface area contributed by atoms with E-state index in [2.05, 4.69) is 38.3 Å². The highest BCUT2D eigenvalue weighted by atomic mass is 16.5. The van der Waals surface area contributed by atoms with Gasteiger partial charge < -0.3 is 14.8 Å². The van der Waals surface area contributed by atoms with Crippen molar-refractivity contribution in [3.8, 4) is 11.5 Å². The highest BCUT2D eigenvalue weighted by molar-refractivity contribution is 5.44. The third-order valence-corrected chi connectivity index (χ3v) is 4.93. The maximum Gasteiger partial charge on any atom is 0.161 e. The van der Waals surface area contributed by atoms with Gasteiger partial charge in [0, 0.05) is 6.04 Å². The minimum absolute atomic E-state index is 0.390. The van der Waals surface area contributed by atoms with E-state index in [0.29, 0.717) is 17.4 Å². The average Bonchev–Trinajstić information content (AvgIpc) is 2.49. The van der Waals surface area contributed by atoms with Gasteiger partial charge in [0.15, 0.2) is 11.5 Å². The summed E-state index contributed by atoms with van der Waals surface area (Å²) in [6.45, 7) is 4.77. The molecule has 3 heteroatoms. The van der Waals surface area contributed by atoms with E-state index in [1.165, 1.54) is 31.2 Å². The summed E-state index contributed by atoms with van der Waals surface area (Å²) in [5.41, 5.74) is 1.80. The summed E-state index contributed by atoms with van der Waals surface area (Å²) < 4.78 is 10.8. The molecule has 0 aromatic heterocycles. The molecule has 0 heterocycles. The number of rotatable bonds is 5. The third-order valence-electron chi connectivity index (χ3n) is 4.93. The summed E-state index contributed by atoms with van der Waals surface area (Å²) in [6, 6.07) is 6.66. The van der Waals surface area contributed by atoms with Gasteiger partial charge in [0.2, 0.25) is 0 Å². The van der Waals surface area contributed by atoms with Gasteiger partial charge in [0.1, 0.15) is 0 Å². The van der Waals surface area contributed by atoms with Crippen LogP contribution in [0.3, 0.4) is 0 Å². The number of hydrogen-bond donors (Lipinski definition) is 1. The van der Waals surface area contributed by atoms with Gasteiger partial charge in [0.25, 0.3) is 0 Å². The molecule has 1 fully saturated rings. The van der Waals surface area contributed by atoms with E-state index in [-0.39, 0.29) is 0 Å². The first-order valence-electron chi connectivity index (χ1n) is 7.90. The SMILES string of the molecule is CNC(c1ccc(OC)c(OC)c1)C1CCC(C)(C)CC1. The van der Waals surface area contributed by atoms with Crippen molar-refractivity contribution in [3.63, 3.8) is 0 Å². The molecule has 1 unspecified atom stereocenters. The molecule has 0 aliphatic heterocycles. The van der Waals surface area contributed by atoms with Crippen molar-refractivity contribution in [2.75, 3.05) is 21.3 Å². The third kappa shape index (κ3) is 3.70. The number of hydrogen-bond acceptors (Lipinski definition) is 3. The van der Waals surface area contributed by atoms with Crippen LogP contribution in [-0.4, -0.2) is 21.3 Å². The Bertz CT molecular complexity index is 460. The molecule has 3 nitrogen and oxygen atoms in total. The maximum atomic E-state index is 5.44. The van der Waals surface area contributed by atoms with Gasteiger partial charge in [0.05, 0.1) is 14.2 Å². The van der Waals surface area contributed by atoms with Gasteiger partial charge in [-0.3, -0.25) is 0 Å². The summed E-state index contributed by atoms with van der Waals surface area (Å²) in [5, 5.41) is 3.51. The van der Waals surface area contributed by atoms with E-state index >= 15 is 0 Å². The minimum Gasteiger partial charge on any atom is -0.493 e. The van der Waals surface area contributed by atoms with Crippen molar-refractivity contribution in [3.05, 3.63) is 23.8 Å². The Morgan fingerprint density at radius 2 is 1.71 bits per heavy atom. The first-order chi connectivity index (χ1) is 10.0. The number of nitrogens with one attached hydrogen (secondary N) is 1. The van der Waals surface area contributed by atoms with Crippen LogP contribution in [0, 0.1) is 11.3 Å². The molecule has 0 bridgehead atoms. The van der Waals surface area contributed by atoms with Gasteiger partial charge in [-0.25, -0.2) is 0 Å². The van der Waals surface area contributed by atoms with E-state index < -0.39 is 0 Å². The molecule has 21 heavy (non-hydrogen) atoms. The molecule has 0 spiro atoms. The van der Waals surface area contributed by atoms with Gasteiger partial charge in [-0.15, -0.1) is 0 Å². The Morgan fingerprint density at radius 3 is 2.24 bits per heavy atom. The smallest absolute Gasteiger partial charge is 0.161 e. The molecule has 0 radical (unpaired) electrons. The second kappa shape index (κ2) is 6.69. The van der Waals surface area contributed by atoms with Gasteiger partial charge in [-0.1, -0.05) is 19.9 Å². The van der Waals surface area contributed by atoms with Crippen LogP contribution in [0.4, 0.5) is 0 Å². The number of ether oxygens (including phenoxy) is 2. The number of methoxy groups -OCH3 is 2. The molecular weight excluding hydrogens is 262 g/mol. The zero-order valence-electron chi connectivity index (χ0n) is 14.0. The van der Waals surface area contributed by atoms with Crippen molar-refractivity contribution < 1.29 is 9.47 Å². The topological polar surface area (TPSA) is 30.5 Å². The Labute approximate surface area is 129 Å². The van der Waals surface area contributed by atoms with Crippen molar-refractivity contribution in [1.82, 2.24) is 5.32 Å². The molecule has 1 aromatic rings. The van der Waals surface area contributed by atoms with E-state index in [1.54, 1.807) is 14.2 Å². The lowest BCUT2D eigenvalue weighted by atomic mass is 9.70. The molecule has 0 amide bonds. The van der Waals surface area contributed by atoms with Crippen LogP contribution in [0.15, 0.2) is 18.2 Å². The zero-order chi connectivity index (χ0) is 15.5. The molecule has 1 N–H and O–H groups in total. The molecule has 1 aromatic carbocycles. The predicted octanol–water partition coefficient (Wildman–Crippen LogP) is 4.18. The summed E-state index contributed by atoms with van der Waals surface area (Å²) in [5.74, 6) is 2.30. The Hall–Kier alpha value is -1.22. The highest BCUT2D eigenvalue weighted by Gasteiger charge is 2.31. The summed E-state index contributed by atoms with van der Waals surface area (Å²) in [6.07, 6.45) is 5.19. The first kappa shape index (κ1) is 16.2. The average molecular weight is 291 g/mol. The van der Waals surface area contributed by atoms with Crippen molar-refractivity contribution in [2.45, 2.75) is 45.6 Å². The van der Waals surface area contributed by atoms with Gasteiger partial charge in [-0.05, 0) is 61.8 Å². The predicted molar refractivity (Wildman–Crippen MR) is 87.1 cm³/mol. The molecule has 1 aliphatic rings. The fraction of sp³-hybridized carbons (Fsp3) is 0.667. The van der Waals surface area contributed by atoms with Gasteiger partial charge >= 0.3 is 0 Å². The Balaban J connectivity index is 2.18. The standard InChI is InChI=1S/C18H29NO2/c1-18(2)10-8-13(9-11-18)17(19-3)14-6-7-15(20-4)16(12-14)21-5/h6-7,12-13,17,19H,8-11H2,1-5H3. The lowest BCUT2D eigenvalue weighted by Crippen LogP contribution is -2.31. The first-order valence-corrected chi connectivity index (χ1v) is 7.90. The maximum absolute atomic E-state index is 5.44. The summed E-state index contributed by atoms with van der Waals surface area (Å²) in [7, 11) is 5.43. The van der Waals surface area contributed by atoms with Gasteiger partial charge in [-0.2, -0.15) is 0 Å². The van der Waals surface area contributed by atoms with Crippen LogP contribution in [-0.2, 0) is 0 Å². The van der Waals surface area contributed by atoms with Crippen LogP contribution in [0.2, 0.25) is 0 Å². The second-order valence-electron chi connectivity index (χ2n) is 6.88. The Morgan fingerprint density at radius 1 is 1.10 bits per heavy atom. The molecule has 1 saturated carbocycles. The molecule has 1 aliphatic carbocycles. The monoisotopic (exact) mass is 291 g/mol. The highest BCUT2D eigenvalue weighted by Crippen LogP contribution is 2.43. The van der Waals surface area contributed by atoms with Crippen LogP contribution in [0.5, 0.6) is 11.5 Å². The molecule has 118 valence electrons. The normalized spacial score (nSPS) is 20.0. The lowest BCUT2D eigenvalue weighted by Gasteiger charge is -2.38. The fourth-order valence-corrected chi connectivity index (χ4v) is 3.48. The molecule has 1 atom stereocenters. The molecule has 0 saturated heterocycles. The summed E-state index contributed by atoms with van der Waals surface area (Å²) in [4.78, 5) is 0. The molecular formula is C18H29NO2. The minimum atomic E-state index is 0.390. The van der Waals surface area contributed by atoms with Crippen molar-refractivity contribution >= 4 is 0 Å². The largest absolute Gasteiger partial charge is 0.493 e. The summed E-state index contributed by atoms with van der Waals surface area (Å²) >= 11 is 0. The number of benzene rings is 1. The molecule has 2 rings (SSSR count). The van der Waals surface area contributed by atoms with Crippen molar-refractivity contribution in [2.24, 2.45) is 11.3 Å². The van der Waals surface area contributed by atoms with Crippen LogP contribution in [0.1, 0.15) is 51.1 Å². The quantitative estimate of drug-likeness (QED) is 0.882. The second-order valence-corrected chi connectivity index (χ2v) is 6.88. The zero-order valence-corrected chi connectivity index (χ0v) is 14.0. The van der Waals surface area contributed by atoms with E-state index in [0.717, 1.165) is 11.5 Å². The van der Waals surface area contributed by atoms with E-state index in [1.807, 2.05) is 6.07 Å². The van der Waals surface area contributed by atoms with Crippen LogP contribution in [0.25, 0.3) is 0 Å². The van der Waals surface area contributed by atoms with E-state index in [9.17, 15) is 0 Å². The van der Waals surface area contributed by atoms with Crippen LogP contribution >= 0.6 is 0 Å². The lowest BCUT2D eigenvalue weighted by molar-refractivity contribution is 0.164.